The second-order valence-corrected chi connectivity index (χ2v) is 6.04. The van der Waals surface area contributed by atoms with Gasteiger partial charge in [0.25, 0.3) is 0 Å². The average Bonchev–Trinajstić information content (AvgIpc) is 2.73. The monoisotopic (exact) mass is 512 g/mol. The van der Waals surface area contributed by atoms with Gasteiger partial charge in [0, 0.05) is 45.5 Å². The summed E-state index contributed by atoms with van der Waals surface area (Å²) in [6.07, 6.45) is 0.829. The number of methoxy groups -OCH3 is 1. The van der Waals surface area contributed by atoms with Crippen molar-refractivity contribution in [3.05, 3.63) is 60.2 Å². The van der Waals surface area contributed by atoms with Crippen molar-refractivity contribution in [1.29, 1.82) is 0 Å². The fourth-order valence-electron chi connectivity index (χ4n) is 2.40. The number of carbonyl (C=O) groups excluding carboxylic acids is 1. The number of nitrogens with zero attached hydrogens (tertiary/aromatic N) is 1. The maximum atomic E-state index is 12.0. The predicted octanol–water partition coefficient (Wildman–Crippen LogP) is 3.02. The number of hydrogen-bond acceptors (Lipinski definition) is 4. The van der Waals surface area contributed by atoms with Crippen LogP contribution in [0.15, 0.2) is 59.6 Å². The quantitative estimate of drug-likeness (QED) is 0.197. The summed E-state index contributed by atoms with van der Waals surface area (Å²) in [5, 5.41) is 9.03. The number of rotatable bonds is 10. The number of aliphatic imine (C=N–C) groups is 1. The summed E-state index contributed by atoms with van der Waals surface area (Å²) in [6, 6.07) is 17.4. The molecule has 0 spiro atoms. The lowest BCUT2D eigenvalue weighted by Crippen LogP contribution is -2.39. The summed E-state index contributed by atoms with van der Waals surface area (Å²) in [5.41, 5.74) is 1.88. The molecule has 2 rings (SSSR count). The van der Waals surface area contributed by atoms with Gasteiger partial charge in [-0.3, -0.25) is 9.79 Å². The minimum atomic E-state index is -0.109. The molecule has 0 saturated carbocycles. The molecule has 0 aliphatic heterocycles. The summed E-state index contributed by atoms with van der Waals surface area (Å²) < 4.78 is 10.7. The molecule has 0 aliphatic carbocycles. The Morgan fingerprint density at radius 3 is 2.55 bits per heavy atom. The average molecular weight is 512 g/mol. The van der Waals surface area contributed by atoms with Crippen LogP contribution in [0.3, 0.4) is 0 Å². The van der Waals surface area contributed by atoms with E-state index in [1.165, 1.54) is 0 Å². The maximum absolute atomic E-state index is 12.0. The van der Waals surface area contributed by atoms with E-state index in [4.69, 9.17) is 9.47 Å². The van der Waals surface area contributed by atoms with Crippen molar-refractivity contribution in [2.24, 2.45) is 4.99 Å². The number of hydrogen-bond donors (Lipinski definition) is 3. The van der Waals surface area contributed by atoms with Crippen LogP contribution >= 0.6 is 24.0 Å². The molecule has 8 heteroatoms. The van der Waals surface area contributed by atoms with E-state index >= 15 is 0 Å². The fourth-order valence-corrected chi connectivity index (χ4v) is 2.40. The highest BCUT2D eigenvalue weighted by Gasteiger charge is 2.05. The van der Waals surface area contributed by atoms with Gasteiger partial charge in [-0.15, -0.1) is 24.0 Å². The van der Waals surface area contributed by atoms with Gasteiger partial charge in [0.1, 0.15) is 5.75 Å². The normalized spacial score (nSPS) is 10.6. The van der Waals surface area contributed by atoms with Gasteiger partial charge < -0.3 is 25.4 Å². The predicted molar refractivity (Wildman–Crippen MR) is 127 cm³/mol. The Morgan fingerprint density at radius 1 is 1.03 bits per heavy atom. The van der Waals surface area contributed by atoms with Gasteiger partial charge in [-0.25, -0.2) is 0 Å². The molecule has 1 amide bonds. The molecule has 0 bridgehead atoms. The Labute approximate surface area is 189 Å². The van der Waals surface area contributed by atoms with E-state index in [2.05, 4.69) is 20.9 Å². The minimum Gasteiger partial charge on any atom is -0.493 e. The molecule has 0 radical (unpaired) electrons. The molecule has 2 aromatic rings. The Kier molecular flexibility index (Phi) is 12.5. The highest BCUT2D eigenvalue weighted by molar-refractivity contribution is 14.0. The fraction of sp³-hybridized carbons (Fsp3) is 0.333. The number of anilines is 1. The summed E-state index contributed by atoms with van der Waals surface area (Å²) in [7, 11) is 3.33. The van der Waals surface area contributed by atoms with Crippen molar-refractivity contribution >= 4 is 41.5 Å². The van der Waals surface area contributed by atoms with Crippen LogP contribution in [0.1, 0.15) is 12.0 Å². The molecule has 2 aromatic carbocycles. The Hall–Kier alpha value is -2.33. The second-order valence-electron chi connectivity index (χ2n) is 6.04. The molecular weight excluding hydrogens is 483 g/mol. The van der Waals surface area contributed by atoms with Gasteiger partial charge in [-0.1, -0.05) is 36.4 Å². The maximum Gasteiger partial charge on any atom is 0.239 e. The molecule has 29 heavy (non-hydrogen) atoms. The summed E-state index contributed by atoms with van der Waals surface area (Å²) in [5.74, 6) is 1.16. The Bertz CT molecular complexity index is 757. The highest BCUT2D eigenvalue weighted by atomic mass is 127. The highest BCUT2D eigenvalue weighted by Crippen LogP contribution is 2.17. The van der Waals surface area contributed by atoms with Crippen LogP contribution in [0.4, 0.5) is 5.69 Å². The van der Waals surface area contributed by atoms with E-state index in [-0.39, 0.29) is 36.4 Å². The first kappa shape index (κ1) is 24.7. The number of ether oxygens (including phenoxy) is 2. The molecular formula is C21H29IN4O3. The first-order chi connectivity index (χ1) is 13.7. The van der Waals surface area contributed by atoms with Gasteiger partial charge in [-0.05, 0) is 17.7 Å². The van der Waals surface area contributed by atoms with Crippen molar-refractivity contribution in [3.8, 4) is 5.75 Å². The van der Waals surface area contributed by atoms with Crippen molar-refractivity contribution < 1.29 is 14.3 Å². The molecule has 0 aromatic heterocycles. The minimum absolute atomic E-state index is 0. The van der Waals surface area contributed by atoms with Crippen LogP contribution in [-0.4, -0.2) is 45.8 Å². The summed E-state index contributed by atoms with van der Waals surface area (Å²) in [6.45, 7) is 1.88. The number of guanidine groups is 1. The lowest BCUT2D eigenvalue weighted by molar-refractivity contribution is -0.120. The third-order valence-corrected chi connectivity index (χ3v) is 3.83. The molecule has 0 fully saturated rings. The van der Waals surface area contributed by atoms with Gasteiger partial charge >= 0.3 is 0 Å². The van der Waals surface area contributed by atoms with E-state index in [9.17, 15) is 4.79 Å². The van der Waals surface area contributed by atoms with Crippen molar-refractivity contribution in [1.82, 2.24) is 10.6 Å². The van der Waals surface area contributed by atoms with Gasteiger partial charge in [-0.2, -0.15) is 0 Å². The van der Waals surface area contributed by atoms with Crippen LogP contribution in [0, 0.1) is 0 Å². The number of halogens is 1. The molecule has 0 saturated heterocycles. The largest absolute Gasteiger partial charge is 0.493 e. The van der Waals surface area contributed by atoms with Crippen LogP contribution in [0.2, 0.25) is 0 Å². The molecule has 0 heterocycles. The van der Waals surface area contributed by atoms with Crippen molar-refractivity contribution in [2.75, 3.05) is 39.2 Å². The summed E-state index contributed by atoms with van der Waals surface area (Å²) >= 11 is 0. The second kappa shape index (κ2) is 14.6. The van der Waals surface area contributed by atoms with E-state index in [0.29, 0.717) is 25.7 Å². The molecule has 0 unspecified atom stereocenters. The Balaban J connectivity index is 0.00000420. The van der Waals surface area contributed by atoms with Crippen LogP contribution in [0.5, 0.6) is 5.75 Å². The number of carbonyl (C=O) groups is 1. The number of nitrogens with one attached hydrogen (secondary N) is 3. The zero-order valence-corrected chi connectivity index (χ0v) is 19.1. The third-order valence-electron chi connectivity index (χ3n) is 3.83. The van der Waals surface area contributed by atoms with Crippen molar-refractivity contribution in [3.63, 3.8) is 0 Å². The topological polar surface area (TPSA) is 84.0 Å². The number of amides is 1. The zero-order chi connectivity index (χ0) is 20.0. The Morgan fingerprint density at radius 2 is 1.83 bits per heavy atom. The first-order valence-electron chi connectivity index (χ1n) is 9.21. The van der Waals surface area contributed by atoms with Crippen LogP contribution in [0.25, 0.3) is 0 Å². The zero-order valence-electron chi connectivity index (χ0n) is 16.8. The molecule has 7 nitrogen and oxygen atoms in total. The standard InChI is InChI=1S/C21H28N4O3.HI/c1-22-21(24-16-20(26)23-15-17-8-4-3-5-9-17)25-18-10-6-11-19(14-18)28-13-7-12-27-2;/h3-6,8-11,14H,7,12-13,15-16H2,1-2H3,(H,23,26)(H2,22,24,25);1H. The van der Waals surface area contributed by atoms with Gasteiger partial charge in [0.2, 0.25) is 5.91 Å². The SMILES string of the molecule is CN=C(NCC(=O)NCc1ccccc1)Nc1cccc(OCCCOC)c1.I. The lowest BCUT2D eigenvalue weighted by Gasteiger charge is -2.13. The lowest BCUT2D eigenvalue weighted by atomic mass is 10.2. The molecule has 0 aliphatic rings. The van der Waals surface area contributed by atoms with E-state index in [0.717, 1.165) is 23.4 Å². The van der Waals surface area contributed by atoms with E-state index in [1.54, 1.807) is 14.2 Å². The van der Waals surface area contributed by atoms with Crippen molar-refractivity contribution in [2.45, 2.75) is 13.0 Å². The number of benzene rings is 2. The first-order valence-corrected chi connectivity index (χ1v) is 9.21. The van der Waals surface area contributed by atoms with Crippen LogP contribution in [-0.2, 0) is 16.1 Å². The third kappa shape index (κ3) is 10.1. The summed E-state index contributed by atoms with van der Waals surface area (Å²) in [4.78, 5) is 16.2. The molecule has 0 atom stereocenters. The molecule has 158 valence electrons. The van der Waals surface area contributed by atoms with E-state index < -0.39 is 0 Å². The van der Waals surface area contributed by atoms with Crippen LogP contribution < -0.4 is 20.7 Å². The van der Waals surface area contributed by atoms with Gasteiger partial charge in [0.15, 0.2) is 5.96 Å². The smallest absolute Gasteiger partial charge is 0.239 e. The van der Waals surface area contributed by atoms with Gasteiger partial charge in [0.05, 0.1) is 13.2 Å². The van der Waals surface area contributed by atoms with E-state index in [1.807, 2.05) is 54.6 Å². The molecule has 3 N–H and O–H groups in total.